The van der Waals surface area contributed by atoms with Crippen LogP contribution in [0.4, 0.5) is 0 Å². The smallest absolute Gasteiger partial charge is 0.268 e. The van der Waals surface area contributed by atoms with E-state index in [4.69, 9.17) is 4.74 Å². The van der Waals surface area contributed by atoms with Gasteiger partial charge in [0.2, 0.25) is 0 Å². The van der Waals surface area contributed by atoms with Gasteiger partial charge in [-0.1, -0.05) is 12.8 Å². The number of carbonyl (C=O) groups is 1. The molecule has 0 radical (unpaired) electrons. The fourth-order valence-electron chi connectivity index (χ4n) is 6.94. The molecule has 1 aromatic rings. The second-order valence-corrected chi connectivity index (χ2v) is 10.2. The maximum Gasteiger partial charge on any atom is 0.268 e. The van der Waals surface area contributed by atoms with Crippen molar-refractivity contribution in [1.82, 2.24) is 20.4 Å². The Morgan fingerprint density at radius 1 is 1.17 bits per heavy atom. The van der Waals surface area contributed by atoms with Gasteiger partial charge >= 0.3 is 0 Å². The van der Waals surface area contributed by atoms with Crippen LogP contribution in [0, 0.1) is 23.7 Å². The van der Waals surface area contributed by atoms with E-state index in [1.54, 1.807) is 12.4 Å². The Labute approximate surface area is 178 Å². The van der Waals surface area contributed by atoms with Crippen molar-refractivity contribution >= 4 is 5.91 Å². The topological polar surface area (TPSA) is 87.6 Å². The summed E-state index contributed by atoms with van der Waals surface area (Å²) in [6, 6.07) is 0.269. The van der Waals surface area contributed by atoms with Gasteiger partial charge in [-0.15, -0.1) is 0 Å². The number of rotatable bonds is 8. The molecule has 5 aliphatic carbocycles. The molecule has 1 aromatic heterocycles. The first kappa shape index (κ1) is 20.3. The maximum atomic E-state index is 12.9. The molecule has 1 amide bonds. The number of nitrogens with zero attached hydrogens (tertiary/aromatic N) is 3. The van der Waals surface area contributed by atoms with Gasteiger partial charge in [-0.05, 0) is 68.6 Å². The van der Waals surface area contributed by atoms with Gasteiger partial charge in [-0.2, -0.15) is 0 Å². The highest BCUT2D eigenvalue weighted by Gasteiger charge is 2.56. The molecule has 164 valence electrons. The van der Waals surface area contributed by atoms with Crippen LogP contribution in [0.3, 0.4) is 0 Å². The van der Waals surface area contributed by atoms with E-state index in [0.29, 0.717) is 42.4 Å². The van der Waals surface area contributed by atoms with Crippen molar-refractivity contribution in [2.24, 2.45) is 23.7 Å². The average molecular weight is 415 g/mol. The molecule has 0 aromatic carbocycles. The molecule has 2 unspecified atom stereocenters. The third-order valence-corrected chi connectivity index (χ3v) is 7.92. The molecule has 7 nitrogen and oxygen atoms in total. The van der Waals surface area contributed by atoms with Crippen molar-refractivity contribution in [3.63, 3.8) is 0 Å². The first-order valence-corrected chi connectivity index (χ1v) is 11.7. The first-order valence-electron chi connectivity index (χ1n) is 11.7. The van der Waals surface area contributed by atoms with Crippen LogP contribution in [0.5, 0.6) is 0 Å². The quantitative estimate of drug-likeness (QED) is 0.502. The zero-order chi connectivity index (χ0) is 20.6. The Morgan fingerprint density at radius 3 is 2.53 bits per heavy atom. The summed E-state index contributed by atoms with van der Waals surface area (Å²) in [5.41, 5.74) is 3.15. The third kappa shape index (κ3) is 4.25. The summed E-state index contributed by atoms with van der Waals surface area (Å²) < 4.78 is 6.03. The van der Waals surface area contributed by atoms with Gasteiger partial charge in [-0.25, -0.2) is 15.0 Å². The number of hydrogen-bond donors (Lipinski definition) is 2. The molecule has 7 heteroatoms. The lowest BCUT2D eigenvalue weighted by Gasteiger charge is -2.60. The van der Waals surface area contributed by atoms with Crippen molar-refractivity contribution in [3.05, 3.63) is 24.3 Å². The molecular formula is C23H34N4O3. The van der Waals surface area contributed by atoms with Crippen LogP contribution in [0.1, 0.15) is 68.1 Å². The van der Waals surface area contributed by atoms with E-state index in [9.17, 15) is 9.90 Å². The fraction of sp³-hybridized carbons (Fsp3) is 0.783. The van der Waals surface area contributed by atoms with Gasteiger partial charge in [0.1, 0.15) is 6.33 Å². The standard InChI is InChI=1S/C23H34N4O3/c28-22(20-12-24-15-25-13-20)26-27(5-6-30-14-16-3-1-2-4-16)21-18-7-17-8-19(21)11-23(29,9-17)10-18/h12-13,15-19,21,29H,1-11,14H2,(H,26,28). The minimum absolute atomic E-state index is 0.168. The van der Waals surface area contributed by atoms with E-state index < -0.39 is 5.60 Å². The number of aromatic nitrogens is 2. The molecule has 5 aliphatic rings. The summed E-state index contributed by atoms with van der Waals surface area (Å²) in [5.74, 6) is 2.04. The Bertz CT molecular complexity index is 723. The Hall–Kier alpha value is -1.57. The summed E-state index contributed by atoms with van der Waals surface area (Å²) >= 11 is 0. The minimum Gasteiger partial charge on any atom is -0.390 e. The lowest BCUT2D eigenvalue weighted by molar-refractivity contribution is -0.166. The van der Waals surface area contributed by atoms with Crippen molar-refractivity contribution in [3.8, 4) is 0 Å². The van der Waals surface area contributed by atoms with Crippen LogP contribution in [-0.4, -0.2) is 57.4 Å². The van der Waals surface area contributed by atoms with Crippen molar-refractivity contribution in [2.75, 3.05) is 19.8 Å². The minimum atomic E-state index is -0.477. The second kappa shape index (κ2) is 8.52. The highest BCUT2D eigenvalue weighted by atomic mass is 16.5. The molecule has 4 bridgehead atoms. The maximum absolute atomic E-state index is 12.9. The van der Waals surface area contributed by atoms with Crippen molar-refractivity contribution in [1.29, 1.82) is 0 Å². The Kier molecular flexibility index (Phi) is 5.77. The molecule has 1 heterocycles. The van der Waals surface area contributed by atoms with Crippen LogP contribution < -0.4 is 5.43 Å². The molecular weight excluding hydrogens is 380 g/mol. The molecule has 30 heavy (non-hydrogen) atoms. The summed E-state index contributed by atoms with van der Waals surface area (Å²) in [6.45, 7) is 2.12. The Morgan fingerprint density at radius 2 is 1.87 bits per heavy atom. The van der Waals surface area contributed by atoms with E-state index >= 15 is 0 Å². The monoisotopic (exact) mass is 414 g/mol. The second-order valence-electron chi connectivity index (χ2n) is 10.2. The molecule has 2 N–H and O–H groups in total. The number of nitrogens with one attached hydrogen (secondary N) is 1. The first-order chi connectivity index (χ1) is 14.6. The molecule has 0 saturated heterocycles. The summed E-state index contributed by atoms with van der Waals surface area (Å²) in [4.78, 5) is 20.8. The number of ether oxygens (including phenoxy) is 1. The van der Waals surface area contributed by atoms with Gasteiger partial charge in [0.15, 0.2) is 0 Å². The summed E-state index contributed by atoms with van der Waals surface area (Å²) in [5, 5.41) is 13.1. The van der Waals surface area contributed by atoms with Crippen molar-refractivity contribution in [2.45, 2.75) is 69.4 Å². The highest BCUT2D eigenvalue weighted by molar-refractivity contribution is 5.93. The number of carbonyl (C=O) groups excluding carboxylic acids is 1. The van der Waals surface area contributed by atoms with Crippen LogP contribution >= 0.6 is 0 Å². The number of hydrazine groups is 1. The van der Waals surface area contributed by atoms with Gasteiger partial charge in [0.05, 0.1) is 17.8 Å². The van der Waals surface area contributed by atoms with Crippen LogP contribution in [0.25, 0.3) is 0 Å². The number of hydrogen-bond acceptors (Lipinski definition) is 6. The van der Waals surface area contributed by atoms with E-state index in [0.717, 1.165) is 38.7 Å². The van der Waals surface area contributed by atoms with Crippen LogP contribution in [0.15, 0.2) is 18.7 Å². The molecule has 0 aliphatic heterocycles. The number of amides is 1. The lowest BCUT2D eigenvalue weighted by Crippen LogP contribution is -2.65. The van der Waals surface area contributed by atoms with Crippen LogP contribution in [0.2, 0.25) is 0 Å². The van der Waals surface area contributed by atoms with Crippen LogP contribution in [-0.2, 0) is 4.74 Å². The van der Waals surface area contributed by atoms with Gasteiger partial charge in [-0.3, -0.25) is 10.2 Å². The molecule has 6 rings (SSSR count). The molecule has 2 atom stereocenters. The predicted molar refractivity (Wildman–Crippen MR) is 111 cm³/mol. The lowest BCUT2D eigenvalue weighted by atomic mass is 9.52. The van der Waals surface area contributed by atoms with E-state index in [1.807, 2.05) is 0 Å². The van der Waals surface area contributed by atoms with E-state index in [2.05, 4.69) is 20.4 Å². The molecule has 5 saturated carbocycles. The Balaban J connectivity index is 1.26. The normalized spacial score (nSPS) is 35.3. The zero-order valence-electron chi connectivity index (χ0n) is 17.7. The summed E-state index contributed by atoms with van der Waals surface area (Å²) in [6.07, 6.45) is 14.7. The number of aliphatic hydroxyl groups is 1. The average Bonchev–Trinajstić information content (AvgIpc) is 3.23. The zero-order valence-corrected chi connectivity index (χ0v) is 17.7. The summed E-state index contributed by atoms with van der Waals surface area (Å²) in [7, 11) is 0. The SMILES string of the molecule is O=C(NN(CCOCC1CCCC1)C1C2CC3CC1CC(O)(C3)C2)c1cncnc1. The van der Waals surface area contributed by atoms with Gasteiger partial charge in [0, 0.05) is 31.6 Å². The molecule has 0 spiro atoms. The molecule has 5 fully saturated rings. The van der Waals surface area contributed by atoms with Gasteiger partial charge in [0.25, 0.3) is 5.91 Å². The van der Waals surface area contributed by atoms with Gasteiger partial charge < -0.3 is 9.84 Å². The van der Waals surface area contributed by atoms with E-state index in [1.165, 1.54) is 32.0 Å². The fourth-order valence-corrected chi connectivity index (χ4v) is 6.94. The van der Waals surface area contributed by atoms with Crippen molar-refractivity contribution < 1.29 is 14.6 Å². The highest BCUT2D eigenvalue weighted by Crippen LogP contribution is 2.56. The third-order valence-electron chi connectivity index (χ3n) is 7.92. The van der Waals surface area contributed by atoms with E-state index in [-0.39, 0.29) is 11.9 Å². The largest absolute Gasteiger partial charge is 0.390 e. The predicted octanol–water partition coefficient (Wildman–Crippen LogP) is 2.57.